The molecule has 0 spiro atoms. The average Bonchev–Trinajstić information content (AvgIpc) is 3.05. The van der Waals surface area contributed by atoms with Crippen LogP contribution in [0.4, 0.5) is 5.69 Å². The Morgan fingerprint density at radius 1 is 1.22 bits per heavy atom. The second kappa shape index (κ2) is 6.18. The van der Waals surface area contributed by atoms with Crippen molar-refractivity contribution in [2.45, 2.75) is 0 Å². The summed E-state index contributed by atoms with van der Waals surface area (Å²) in [7, 11) is 1.88. The third-order valence-corrected chi connectivity index (χ3v) is 4.37. The minimum absolute atomic E-state index is 0.167. The number of aliphatic carboxylic acids is 1. The van der Waals surface area contributed by atoms with Crippen LogP contribution in [0.3, 0.4) is 0 Å². The van der Waals surface area contributed by atoms with Gasteiger partial charge in [0, 0.05) is 18.9 Å². The van der Waals surface area contributed by atoms with E-state index in [0.29, 0.717) is 10.6 Å². The van der Waals surface area contributed by atoms with E-state index < -0.39 is 5.97 Å². The molecule has 2 N–H and O–H groups in total. The number of thioether (sulfide) groups is 1. The lowest BCUT2D eigenvalue weighted by atomic mass is 10.2. The van der Waals surface area contributed by atoms with Crippen LogP contribution >= 0.6 is 11.8 Å². The Bertz CT molecular complexity index is 848. The SMILES string of the molecule is Cn1cccc1/C=C1\SC(=Nc2ccccc2)C(C(=O)O)=C1O. The van der Waals surface area contributed by atoms with Gasteiger partial charge in [0.1, 0.15) is 16.4 Å². The Labute approximate surface area is 137 Å². The second-order valence-corrected chi connectivity index (χ2v) is 5.97. The largest absolute Gasteiger partial charge is 0.506 e. The van der Waals surface area contributed by atoms with E-state index in [-0.39, 0.29) is 16.4 Å². The predicted molar refractivity (Wildman–Crippen MR) is 91.8 cm³/mol. The topological polar surface area (TPSA) is 74.8 Å². The molecular formula is C17H14N2O3S. The van der Waals surface area contributed by atoms with Crippen LogP contribution in [0.1, 0.15) is 5.69 Å². The van der Waals surface area contributed by atoms with Gasteiger partial charge in [-0.2, -0.15) is 0 Å². The minimum Gasteiger partial charge on any atom is -0.506 e. The van der Waals surface area contributed by atoms with Crippen LogP contribution in [0.5, 0.6) is 0 Å². The predicted octanol–water partition coefficient (Wildman–Crippen LogP) is 3.74. The molecule has 0 atom stereocenters. The van der Waals surface area contributed by atoms with Crippen molar-refractivity contribution in [2.24, 2.45) is 12.0 Å². The van der Waals surface area contributed by atoms with Gasteiger partial charge in [0.25, 0.3) is 0 Å². The van der Waals surface area contributed by atoms with Gasteiger partial charge < -0.3 is 14.8 Å². The van der Waals surface area contributed by atoms with Crippen molar-refractivity contribution in [3.63, 3.8) is 0 Å². The molecule has 0 fully saturated rings. The van der Waals surface area contributed by atoms with Crippen LogP contribution in [0.25, 0.3) is 6.08 Å². The number of aliphatic imine (C=N–C) groups is 1. The number of carboxylic acid groups (broad SMARTS) is 1. The first-order valence-corrected chi connectivity index (χ1v) is 7.70. The smallest absolute Gasteiger partial charge is 0.342 e. The second-order valence-electron chi connectivity index (χ2n) is 4.94. The highest BCUT2D eigenvalue weighted by molar-refractivity contribution is 8.18. The van der Waals surface area contributed by atoms with E-state index in [1.165, 1.54) is 0 Å². The third-order valence-electron chi connectivity index (χ3n) is 3.35. The molecule has 2 heterocycles. The first kappa shape index (κ1) is 15.2. The molecule has 0 saturated heterocycles. The van der Waals surface area contributed by atoms with Crippen molar-refractivity contribution < 1.29 is 15.0 Å². The summed E-state index contributed by atoms with van der Waals surface area (Å²) in [6.07, 6.45) is 3.63. The number of aryl methyl sites for hydroxylation is 1. The van der Waals surface area contributed by atoms with Crippen LogP contribution in [0.2, 0.25) is 0 Å². The maximum Gasteiger partial charge on any atom is 0.342 e. The maximum atomic E-state index is 11.5. The molecule has 1 aromatic carbocycles. The van der Waals surface area contributed by atoms with Crippen molar-refractivity contribution in [2.75, 3.05) is 0 Å². The molecular weight excluding hydrogens is 312 g/mol. The van der Waals surface area contributed by atoms with Gasteiger partial charge in [0.2, 0.25) is 0 Å². The van der Waals surface area contributed by atoms with E-state index in [1.54, 1.807) is 18.2 Å². The van der Waals surface area contributed by atoms with Crippen molar-refractivity contribution >= 4 is 34.5 Å². The van der Waals surface area contributed by atoms with Crippen molar-refractivity contribution in [1.82, 2.24) is 4.57 Å². The summed E-state index contributed by atoms with van der Waals surface area (Å²) in [5, 5.41) is 19.9. The van der Waals surface area contributed by atoms with Crippen molar-refractivity contribution in [3.8, 4) is 0 Å². The van der Waals surface area contributed by atoms with Gasteiger partial charge in [0.15, 0.2) is 0 Å². The molecule has 0 amide bonds. The van der Waals surface area contributed by atoms with E-state index in [2.05, 4.69) is 4.99 Å². The van der Waals surface area contributed by atoms with Gasteiger partial charge >= 0.3 is 5.97 Å². The molecule has 0 saturated carbocycles. The fourth-order valence-electron chi connectivity index (χ4n) is 2.18. The van der Waals surface area contributed by atoms with Crippen LogP contribution in [-0.2, 0) is 11.8 Å². The number of benzene rings is 1. The Kier molecular flexibility index (Phi) is 4.08. The fourth-order valence-corrected chi connectivity index (χ4v) is 3.20. The van der Waals surface area contributed by atoms with Crippen LogP contribution in [-0.4, -0.2) is 25.8 Å². The first-order valence-electron chi connectivity index (χ1n) is 6.88. The zero-order valence-electron chi connectivity index (χ0n) is 12.3. The highest BCUT2D eigenvalue weighted by atomic mass is 32.2. The number of aliphatic hydroxyl groups is 1. The fraction of sp³-hybridized carbons (Fsp3) is 0.0588. The summed E-state index contributed by atoms with van der Waals surface area (Å²) < 4.78 is 1.88. The molecule has 0 radical (unpaired) electrons. The highest BCUT2D eigenvalue weighted by Crippen LogP contribution is 2.39. The number of carboxylic acids is 1. The lowest BCUT2D eigenvalue weighted by molar-refractivity contribution is -0.132. The van der Waals surface area contributed by atoms with Crippen molar-refractivity contribution in [3.05, 3.63) is 70.6 Å². The number of aliphatic hydroxyl groups excluding tert-OH is 1. The summed E-state index contributed by atoms with van der Waals surface area (Å²) in [5.74, 6) is -1.45. The number of hydrogen-bond acceptors (Lipinski definition) is 4. The number of rotatable bonds is 3. The summed E-state index contributed by atoms with van der Waals surface area (Å²) in [6, 6.07) is 12.8. The van der Waals surface area contributed by atoms with Gasteiger partial charge in [-0.1, -0.05) is 30.0 Å². The Morgan fingerprint density at radius 3 is 2.57 bits per heavy atom. The molecule has 6 heteroatoms. The molecule has 1 aliphatic rings. The van der Waals surface area contributed by atoms with Gasteiger partial charge in [-0.05, 0) is 30.3 Å². The molecule has 5 nitrogen and oxygen atoms in total. The zero-order chi connectivity index (χ0) is 16.4. The van der Waals surface area contributed by atoms with Crippen LogP contribution in [0.15, 0.2) is 69.9 Å². The van der Waals surface area contributed by atoms with E-state index in [9.17, 15) is 15.0 Å². The molecule has 23 heavy (non-hydrogen) atoms. The lowest BCUT2D eigenvalue weighted by Crippen LogP contribution is -2.07. The average molecular weight is 326 g/mol. The quantitative estimate of drug-likeness (QED) is 0.901. The molecule has 1 aliphatic heterocycles. The highest BCUT2D eigenvalue weighted by Gasteiger charge is 2.32. The molecule has 0 unspecified atom stereocenters. The van der Waals surface area contributed by atoms with Crippen LogP contribution in [0, 0.1) is 0 Å². The molecule has 1 aromatic heterocycles. The monoisotopic (exact) mass is 326 g/mol. The summed E-state index contributed by atoms with van der Waals surface area (Å²) in [6.45, 7) is 0. The number of para-hydroxylation sites is 1. The molecule has 116 valence electrons. The molecule has 3 rings (SSSR count). The molecule has 0 aliphatic carbocycles. The zero-order valence-corrected chi connectivity index (χ0v) is 13.1. The number of hydrogen-bond donors (Lipinski definition) is 2. The van der Waals surface area contributed by atoms with Crippen molar-refractivity contribution in [1.29, 1.82) is 0 Å². The van der Waals surface area contributed by atoms with E-state index >= 15 is 0 Å². The third kappa shape index (κ3) is 3.07. The molecule has 2 aromatic rings. The Hall–Kier alpha value is -2.73. The normalized spacial score (nSPS) is 18.1. The summed E-state index contributed by atoms with van der Waals surface area (Å²) in [4.78, 5) is 16.3. The standard InChI is InChI=1S/C17H14N2O3S/c1-19-9-5-8-12(19)10-13-15(20)14(17(21)22)16(23-13)18-11-6-3-2-4-7-11/h2-10,20H,1H3,(H,21,22)/b13-10-,18-16?. The lowest BCUT2D eigenvalue weighted by Gasteiger charge is -2.00. The van der Waals surface area contributed by atoms with Crippen LogP contribution < -0.4 is 0 Å². The van der Waals surface area contributed by atoms with Gasteiger partial charge in [0.05, 0.1) is 10.6 Å². The minimum atomic E-state index is -1.19. The summed E-state index contributed by atoms with van der Waals surface area (Å²) >= 11 is 1.15. The van der Waals surface area contributed by atoms with E-state index in [4.69, 9.17) is 0 Å². The van der Waals surface area contributed by atoms with Gasteiger partial charge in [-0.3, -0.25) is 0 Å². The summed E-state index contributed by atoms with van der Waals surface area (Å²) in [5.41, 5.74) is 1.34. The van der Waals surface area contributed by atoms with Gasteiger partial charge in [-0.15, -0.1) is 0 Å². The Balaban J connectivity index is 2.04. The van der Waals surface area contributed by atoms with E-state index in [1.807, 2.05) is 48.1 Å². The number of nitrogens with zero attached hydrogens (tertiary/aromatic N) is 2. The molecule has 0 bridgehead atoms. The Morgan fingerprint density at radius 2 is 1.96 bits per heavy atom. The van der Waals surface area contributed by atoms with E-state index in [0.717, 1.165) is 17.5 Å². The van der Waals surface area contributed by atoms with Gasteiger partial charge in [-0.25, -0.2) is 9.79 Å². The number of aromatic nitrogens is 1. The first-order chi connectivity index (χ1) is 11.1. The maximum absolute atomic E-state index is 11.5. The number of carbonyl (C=O) groups is 1.